The Morgan fingerprint density at radius 3 is 2.86 bits per heavy atom. The Bertz CT molecular complexity index is 711. The highest BCUT2D eigenvalue weighted by Crippen LogP contribution is 2.19. The minimum atomic E-state index is -0.341. The van der Waals surface area contributed by atoms with Crippen molar-refractivity contribution in [2.24, 2.45) is 0 Å². The summed E-state index contributed by atoms with van der Waals surface area (Å²) >= 11 is 0. The third-order valence-corrected chi connectivity index (χ3v) is 3.04. The second-order valence-corrected chi connectivity index (χ2v) is 4.57. The van der Waals surface area contributed by atoms with Crippen LogP contribution in [0.15, 0.2) is 48.9 Å². The van der Waals surface area contributed by atoms with Gasteiger partial charge < -0.3 is 5.32 Å². The number of aromatic nitrogens is 5. The van der Waals surface area contributed by atoms with Crippen LogP contribution in [0.3, 0.4) is 0 Å². The Labute approximate surface area is 120 Å². The van der Waals surface area contributed by atoms with E-state index < -0.39 is 0 Å². The summed E-state index contributed by atoms with van der Waals surface area (Å²) in [5, 5.41) is 14.4. The molecule has 0 fully saturated rings. The summed E-state index contributed by atoms with van der Waals surface area (Å²) in [5.74, 6) is -0.341. The van der Waals surface area contributed by atoms with Crippen molar-refractivity contribution < 1.29 is 4.39 Å². The first-order chi connectivity index (χ1) is 10.2. The molecule has 0 aliphatic heterocycles. The smallest absolute Gasteiger partial charge is 0.143 e. The molecule has 0 aliphatic carbocycles. The lowest BCUT2D eigenvalue weighted by molar-refractivity contribution is 0.617. The van der Waals surface area contributed by atoms with E-state index in [0.29, 0.717) is 0 Å². The third-order valence-electron chi connectivity index (χ3n) is 3.04. The van der Waals surface area contributed by atoms with Crippen LogP contribution in [0.25, 0.3) is 5.69 Å². The van der Waals surface area contributed by atoms with Crippen LogP contribution in [-0.2, 0) is 0 Å². The number of tetrazole rings is 1. The number of pyridine rings is 1. The van der Waals surface area contributed by atoms with Gasteiger partial charge in [0, 0.05) is 5.69 Å². The number of nitrogens with one attached hydrogen (secondary N) is 1. The van der Waals surface area contributed by atoms with Gasteiger partial charge in [0.25, 0.3) is 0 Å². The fraction of sp³-hybridized carbons (Fsp3) is 0.143. The molecule has 0 saturated heterocycles. The normalized spacial score (nSPS) is 12.1. The molecule has 106 valence electrons. The minimum absolute atomic E-state index is 0.0466. The molecule has 0 radical (unpaired) electrons. The number of hydrogen-bond donors (Lipinski definition) is 1. The van der Waals surface area contributed by atoms with Gasteiger partial charge >= 0.3 is 0 Å². The number of anilines is 1. The van der Waals surface area contributed by atoms with Gasteiger partial charge in [0.2, 0.25) is 0 Å². The first kappa shape index (κ1) is 13.2. The van der Waals surface area contributed by atoms with Crippen LogP contribution in [0.2, 0.25) is 0 Å². The van der Waals surface area contributed by atoms with Gasteiger partial charge in [-0.05, 0) is 47.7 Å². The van der Waals surface area contributed by atoms with Crippen molar-refractivity contribution in [3.63, 3.8) is 0 Å². The van der Waals surface area contributed by atoms with Gasteiger partial charge in [-0.1, -0.05) is 6.07 Å². The van der Waals surface area contributed by atoms with Crippen LogP contribution < -0.4 is 5.32 Å². The standard InChI is InChI=1S/C14H13FN6/c1-10(14-6-5-11(15)8-16-14)18-12-3-2-4-13(7-12)21-9-17-19-20-21/h2-10,18H,1H3. The van der Waals surface area contributed by atoms with E-state index in [1.807, 2.05) is 31.2 Å². The SMILES string of the molecule is CC(Nc1cccc(-n2cnnn2)c1)c1ccc(F)cn1. The topological polar surface area (TPSA) is 68.5 Å². The quantitative estimate of drug-likeness (QED) is 0.796. The summed E-state index contributed by atoms with van der Waals surface area (Å²) in [6, 6.07) is 10.7. The van der Waals surface area contributed by atoms with Crippen molar-refractivity contribution in [2.75, 3.05) is 5.32 Å². The number of benzene rings is 1. The van der Waals surface area contributed by atoms with Crippen molar-refractivity contribution in [1.29, 1.82) is 0 Å². The zero-order valence-electron chi connectivity index (χ0n) is 11.3. The van der Waals surface area contributed by atoms with Gasteiger partial charge in [0.05, 0.1) is 23.6 Å². The molecule has 21 heavy (non-hydrogen) atoms. The van der Waals surface area contributed by atoms with Crippen LogP contribution in [-0.4, -0.2) is 25.2 Å². The monoisotopic (exact) mass is 284 g/mol. The second-order valence-electron chi connectivity index (χ2n) is 4.57. The first-order valence-corrected chi connectivity index (χ1v) is 6.44. The van der Waals surface area contributed by atoms with E-state index >= 15 is 0 Å². The molecular formula is C14H13FN6. The van der Waals surface area contributed by atoms with E-state index in [1.54, 1.807) is 10.7 Å². The summed E-state index contributed by atoms with van der Waals surface area (Å²) in [5.41, 5.74) is 2.52. The lowest BCUT2D eigenvalue weighted by atomic mass is 10.2. The van der Waals surface area contributed by atoms with E-state index in [9.17, 15) is 4.39 Å². The largest absolute Gasteiger partial charge is 0.377 e. The fourth-order valence-corrected chi connectivity index (χ4v) is 1.99. The Morgan fingerprint density at radius 1 is 1.24 bits per heavy atom. The summed E-state index contributed by atoms with van der Waals surface area (Å²) in [6.45, 7) is 1.96. The molecule has 2 aromatic heterocycles. The highest BCUT2D eigenvalue weighted by molar-refractivity contribution is 5.51. The highest BCUT2D eigenvalue weighted by atomic mass is 19.1. The molecule has 1 N–H and O–H groups in total. The lowest BCUT2D eigenvalue weighted by Crippen LogP contribution is -2.09. The molecule has 7 heteroatoms. The zero-order chi connectivity index (χ0) is 14.7. The Hall–Kier alpha value is -2.83. The van der Waals surface area contributed by atoms with Gasteiger partial charge in [0.15, 0.2) is 0 Å². The number of halogens is 1. The molecule has 1 unspecified atom stereocenters. The van der Waals surface area contributed by atoms with Gasteiger partial charge in [-0.3, -0.25) is 4.98 Å². The van der Waals surface area contributed by atoms with E-state index in [4.69, 9.17) is 0 Å². The van der Waals surface area contributed by atoms with Crippen molar-refractivity contribution in [3.8, 4) is 5.69 Å². The average Bonchev–Trinajstić information content (AvgIpc) is 3.02. The summed E-state index contributed by atoms with van der Waals surface area (Å²) in [4.78, 5) is 4.07. The van der Waals surface area contributed by atoms with Gasteiger partial charge in [-0.25, -0.2) is 9.07 Å². The molecule has 2 heterocycles. The number of nitrogens with zero attached hydrogens (tertiary/aromatic N) is 5. The second kappa shape index (κ2) is 5.66. The molecule has 3 aromatic rings. The first-order valence-electron chi connectivity index (χ1n) is 6.44. The molecule has 0 saturated carbocycles. The van der Waals surface area contributed by atoms with E-state index in [1.165, 1.54) is 18.6 Å². The molecule has 0 bridgehead atoms. The third kappa shape index (κ3) is 3.02. The van der Waals surface area contributed by atoms with E-state index in [-0.39, 0.29) is 11.9 Å². The summed E-state index contributed by atoms with van der Waals surface area (Å²) in [6.07, 6.45) is 2.75. The van der Waals surface area contributed by atoms with Crippen molar-refractivity contribution in [1.82, 2.24) is 25.2 Å². The van der Waals surface area contributed by atoms with Crippen molar-refractivity contribution in [3.05, 3.63) is 60.4 Å². The molecule has 3 rings (SSSR count). The Morgan fingerprint density at radius 2 is 2.14 bits per heavy atom. The van der Waals surface area contributed by atoms with Gasteiger partial charge in [0.1, 0.15) is 12.1 Å². The van der Waals surface area contributed by atoms with E-state index in [2.05, 4.69) is 25.8 Å². The fourth-order valence-electron chi connectivity index (χ4n) is 1.99. The van der Waals surface area contributed by atoms with E-state index in [0.717, 1.165) is 17.1 Å². The predicted molar refractivity (Wildman–Crippen MR) is 75.4 cm³/mol. The van der Waals surface area contributed by atoms with Crippen molar-refractivity contribution >= 4 is 5.69 Å². The number of hydrogen-bond acceptors (Lipinski definition) is 5. The highest BCUT2D eigenvalue weighted by Gasteiger charge is 2.08. The maximum atomic E-state index is 12.9. The van der Waals surface area contributed by atoms with Crippen LogP contribution in [0.5, 0.6) is 0 Å². The van der Waals surface area contributed by atoms with Gasteiger partial charge in [-0.15, -0.1) is 5.10 Å². The maximum absolute atomic E-state index is 12.9. The summed E-state index contributed by atoms with van der Waals surface area (Å²) in [7, 11) is 0. The molecule has 0 amide bonds. The summed E-state index contributed by atoms with van der Waals surface area (Å²) < 4.78 is 14.5. The van der Waals surface area contributed by atoms with Crippen LogP contribution in [0.1, 0.15) is 18.7 Å². The minimum Gasteiger partial charge on any atom is -0.377 e. The molecular weight excluding hydrogens is 271 g/mol. The Balaban J connectivity index is 1.78. The van der Waals surface area contributed by atoms with Gasteiger partial charge in [-0.2, -0.15) is 0 Å². The van der Waals surface area contributed by atoms with Crippen LogP contribution >= 0.6 is 0 Å². The Kier molecular flexibility index (Phi) is 3.55. The average molecular weight is 284 g/mol. The number of rotatable bonds is 4. The molecule has 1 atom stereocenters. The van der Waals surface area contributed by atoms with Crippen LogP contribution in [0, 0.1) is 5.82 Å². The predicted octanol–water partition coefficient (Wildman–Crippen LogP) is 2.37. The lowest BCUT2D eigenvalue weighted by Gasteiger charge is -2.15. The van der Waals surface area contributed by atoms with Crippen molar-refractivity contribution in [2.45, 2.75) is 13.0 Å². The zero-order valence-corrected chi connectivity index (χ0v) is 11.3. The molecule has 0 spiro atoms. The molecule has 0 aliphatic rings. The molecule has 1 aromatic carbocycles. The van der Waals surface area contributed by atoms with Crippen LogP contribution in [0.4, 0.5) is 10.1 Å². The molecule has 6 nitrogen and oxygen atoms in total. The maximum Gasteiger partial charge on any atom is 0.143 e.